The Morgan fingerprint density at radius 2 is 1.77 bits per heavy atom. The molecule has 0 heterocycles. The van der Waals surface area contributed by atoms with Crippen LogP contribution in [0, 0.1) is 5.41 Å². The number of nitrogens with zero attached hydrogens (tertiary/aromatic N) is 1. The van der Waals surface area contributed by atoms with Crippen LogP contribution in [-0.2, 0) is 14.2 Å². The number of nitrogens with one attached hydrogen (secondary N) is 2. The zero-order valence-corrected chi connectivity index (χ0v) is 17.3. The molecule has 1 saturated carbocycles. The molecule has 6 nitrogen and oxygen atoms in total. The van der Waals surface area contributed by atoms with Gasteiger partial charge < -0.3 is 24.8 Å². The number of aliphatic imine (C=N–C) groups is 1. The second-order valence-electron chi connectivity index (χ2n) is 7.09. The standard InChI is InChI=1S/C20H41N3O3/c1-4-21-19(22-13-8-9-14-26-17-16-24-3)23-18-20(10-6-7-11-20)12-15-25-5-2/h4-18H2,1-3H3,(H2,21,22,23). The Balaban J connectivity index is 2.31. The van der Waals surface area contributed by atoms with Gasteiger partial charge in [-0.3, -0.25) is 4.99 Å². The third kappa shape index (κ3) is 10.3. The highest BCUT2D eigenvalue weighted by Gasteiger charge is 2.33. The molecule has 0 aromatic rings. The molecule has 6 heteroatoms. The fraction of sp³-hybridized carbons (Fsp3) is 0.950. The number of methoxy groups -OCH3 is 1. The fourth-order valence-corrected chi connectivity index (χ4v) is 3.41. The summed E-state index contributed by atoms with van der Waals surface area (Å²) in [6.07, 6.45) is 8.47. The summed E-state index contributed by atoms with van der Waals surface area (Å²) in [5, 5.41) is 6.83. The second kappa shape index (κ2) is 15.2. The van der Waals surface area contributed by atoms with Gasteiger partial charge in [-0.2, -0.15) is 0 Å². The smallest absolute Gasteiger partial charge is 0.191 e. The normalized spacial score (nSPS) is 16.8. The number of ether oxygens (including phenoxy) is 3. The zero-order chi connectivity index (χ0) is 18.9. The molecule has 2 N–H and O–H groups in total. The van der Waals surface area contributed by atoms with Crippen molar-refractivity contribution >= 4 is 5.96 Å². The lowest BCUT2D eigenvalue weighted by molar-refractivity contribution is 0.0689. The molecule has 1 rings (SSSR count). The van der Waals surface area contributed by atoms with Crippen LogP contribution in [0.15, 0.2) is 4.99 Å². The summed E-state index contributed by atoms with van der Waals surface area (Å²) in [7, 11) is 1.70. The van der Waals surface area contributed by atoms with Crippen LogP contribution in [0.1, 0.15) is 58.8 Å². The summed E-state index contributed by atoms with van der Waals surface area (Å²) in [5.41, 5.74) is 0.340. The molecule has 0 amide bonds. The fourth-order valence-electron chi connectivity index (χ4n) is 3.41. The SMILES string of the molecule is CCNC(=NCC1(CCOCC)CCCC1)NCCCCOCCOC. The van der Waals surface area contributed by atoms with Crippen molar-refractivity contribution in [3.63, 3.8) is 0 Å². The minimum absolute atomic E-state index is 0.340. The van der Waals surface area contributed by atoms with Crippen LogP contribution in [0.2, 0.25) is 0 Å². The topological polar surface area (TPSA) is 64.1 Å². The first kappa shape index (κ1) is 23.2. The Labute approximate surface area is 160 Å². The van der Waals surface area contributed by atoms with Gasteiger partial charge in [0.05, 0.1) is 13.2 Å². The minimum Gasteiger partial charge on any atom is -0.382 e. The van der Waals surface area contributed by atoms with Crippen LogP contribution in [0.4, 0.5) is 0 Å². The predicted molar refractivity (Wildman–Crippen MR) is 108 cm³/mol. The highest BCUT2D eigenvalue weighted by molar-refractivity contribution is 5.79. The molecule has 1 aliphatic carbocycles. The Morgan fingerprint density at radius 1 is 0.962 bits per heavy atom. The van der Waals surface area contributed by atoms with Gasteiger partial charge in [0, 0.05) is 46.6 Å². The Morgan fingerprint density at radius 3 is 2.46 bits per heavy atom. The molecule has 154 valence electrons. The van der Waals surface area contributed by atoms with Crippen molar-refractivity contribution in [3.8, 4) is 0 Å². The van der Waals surface area contributed by atoms with Gasteiger partial charge in [-0.25, -0.2) is 0 Å². The van der Waals surface area contributed by atoms with E-state index >= 15 is 0 Å². The highest BCUT2D eigenvalue weighted by Crippen LogP contribution is 2.41. The van der Waals surface area contributed by atoms with Crippen molar-refractivity contribution in [2.24, 2.45) is 10.4 Å². The highest BCUT2D eigenvalue weighted by atomic mass is 16.5. The first-order valence-electron chi connectivity index (χ1n) is 10.4. The Hall–Kier alpha value is -0.850. The molecule has 0 aliphatic heterocycles. The van der Waals surface area contributed by atoms with Gasteiger partial charge in [0.2, 0.25) is 0 Å². The summed E-state index contributed by atoms with van der Waals surface area (Å²) in [6, 6.07) is 0. The number of unbranched alkanes of at least 4 members (excludes halogenated alkanes) is 1. The molecule has 0 atom stereocenters. The molecule has 26 heavy (non-hydrogen) atoms. The molecule has 0 saturated heterocycles. The number of hydrogen-bond acceptors (Lipinski definition) is 4. The first-order chi connectivity index (χ1) is 12.8. The predicted octanol–water partition coefficient (Wildman–Crippen LogP) is 2.97. The van der Waals surface area contributed by atoms with Crippen molar-refractivity contribution in [2.45, 2.75) is 58.8 Å². The number of guanidine groups is 1. The van der Waals surface area contributed by atoms with E-state index in [1.54, 1.807) is 7.11 Å². The van der Waals surface area contributed by atoms with E-state index in [4.69, 9.17) is 19.2 Å². The summed E-state index contributed by atoms with van der Waals surface area (Å²) in [5.74, 6) is 0.940. The molecule has 0 unspecified atom stereocenters. The molecule has 1 aliphatic rings. The van der Waals surface area contributed by atoms with Gasteiger partial charge in [-0.05, 0) is 51.4 Å². The van der Waals surface area contributed by atoms with E-state index in [0.717, 1.165) is 64.7 Å². The minimum atomic E-state index is 0.340. The van der Waals surface area contributed by atoms with Crippen LogP contribution in [0.5, 0.6) is 0 Å². The van der Waals surface area contributed by atoms with E-state index in [-0.39, 0.29) is 0 Å². The maximum Gasteiger partial charge on any atom is 0.191 e. The van der Waals surface area contributed by atoms with Crippen LogP contribution in [-0.4, -0.2) is 65.7 Å². The third-order valence-corrected chi connectivity index (χ3v) is 5.00. The monoisotopic (exact) mass is 371 g/mol. The second-order valence-corrected chi connectivity index (χ2v) is 7.09. The molecule has 0 aromatic carbocycles. The quantitative estimate of drug-likeness (QED) is 0.263. The molecule has 1 fully saturated rings. The zero-order valence-electron chi connectivity index (χ0n) is 17.3. The van der Waals surface area contributed by atoms with Gasteiger partial charge in [0.25, 0.3) is 0 Å². The van der Waals surface area contributed by atoms with E-state index in [2.05, 4.69) is 24.5 Å². The average Bonchev–Trinajstić information content (AvgIpc) is 3.11. The summed E-state index contributed by atoms with van der Waals surface area (Å²) in [6.45, 7) is 10.7. The van der Waals surface area contributed by atoms with E-state index in [9.17, 15) is 0 Å². The lowest BCUT2D eigenvalue weighted by atomic mass is 9.83. The largest absolute Gasteiger partial charge is 0.382 e. The van der Waals surface area contributed by atoms with Crippen LogP contribution in [0.3, 0.4) is 0 Å². The van der Waals surface area contributed by atoms with Gasteiger partial charge in [-0.15, -0.1) is 0 Å². The van der Waals surface area contributed by atoms with E-state index in [1.165, 1.54) is 25.7 Å². The summed E-state index contributed by atoms with van der Waals surface area (Å²) < 4.78 is 16.1. The summed E-state index contributed by atoms with van der Waals surface area (Å²) in [4.78, 5) is 4.90. The number of rotatable bonds is 15. The van der Waals surface area contributed by atoms with E-state index < -0.39 is 0 Å². The molecule has 0 aromatic heterocycles. The van der Waals surface area contributed by atoms with Gasteiger partial charge >= 0.3 is 0 Å². The molecule has 0 bridgehead atoms. The molecule has 0 spiro atoms. The number of hydrogen-bond donors (Lipinski definition) is 2. The van der Waals surface area contributed by atoms with Crippen LogP contribution >= 0.6 is 0 Å². The van der Waals surface area contributed by atoms with Crippen LogP contribution in [0.25, 0.3) is 0 Å². The van der Waals surface area contributed by atoms with E-state index in [0.29, 0.717) is 18.6 Å². The molecular formula is C20H41N3O3. The van der Waals surface area contributed by atoms with Gasteiger partial charge in [0.1, 0.15) is 0 Å². The molecular weight excluding hydrogens is 330 g/mol. The van der Waals surface area contributed by atoms with E-state index in [1.807, 2.05) is 0 Å². The van der Waals surface area contributed by atoms with Crippen molar-refractivity contribution < 1.29 is 14.2 Å². The first-order valence-corrected chi connectivity index (χ1v) is 10.4. The third-order valence-electron chi connectivity index (χ3n) is 5.00. The van der Waals surface area contributed by atoms with Gasteiger partial charge in [-0.1, -0.05) is 12.8 Å². The lowest BCUT2D eigenvalue weighted by Gasteiger charge is -2.27. The van der Waals surface area contributed by atoms with Crippen molar-refractivity contribution in [1.29, 1.82) is 0 Å². The van der Waals surface area contributed by atoms with Crippen molar-refractivity contribution in [2.75, 3.05) is 59.8 Å². The lowest BCUT2D eigenvalue weighted by Crippen LogP contribution is -2.39. The Kier molecular flexibility index (Phi) is 13.6. The Bertz CT molecular complexity index is 358. The van der Waals surface area contributed by atoms with Crippen molar-refractivity contribution in [1.82, 2.24) is 10.6 Å². The maximum atomic E-state index is 5.60. The maximum absolute atomic E-state index is 5.60. The summed E-state index contributed by atoms with van der Waals surface area (Å²) >= 11 is 0. The average molecular weight is 372 g/mol. The van der Waals surface area contributed by atoms with Crippen LogP contribution < -0.4 is 10.6 Å². The van der Waals surface area contributed by atoms with Gasteiger partial charge in [0.15, 0.2) is 5.96 Å². The molecule has 0 radical (unpaired) electrons. The van der Waals surface area contributed by atoms with Crippen molar-refractivity contribution in [3.05, 3.63) is 0 Å².